The molecular formula is C23H25N3O5S. The Labute approximate surface area is 190 Å². The van der Waals surface area contributed by atoms with Crippen LogP contribution in [-0.4, -0.2) is 56.7 Å². The average molecular weight is 456 g/mol. The van der Waals surface area contributed by atoms with Crippen molar-refractivity contribution in [3.63, 3.8) is 0 Å². The summed E-state index contributed by atoms with van der Waals surface area (Å²) in [5, 5.41) is 5.55. The number of ether oxygens (including phenoxy) is 2. The number of anilines is 2. The number of morpholine rings is 1. The Balaban J connectivity index is 1.73. The first-order valence-corrected chi connectivity index (χ1v) is 10.9. The number of methoxy groups -OCH3 is 1. The molecule has 168 valence electrons. The topological polar surface area (TPSA) is 97.0 Å². The SMILES string of the molecule is C#Cc1ccc(C(=O)NC(C(=O)Nc2ccc(N3CCOCC3=O)c(C)c2)C(C)OC)s1. The van der Waals surface area contributed by atoms with E-state index in [1.807, 2.05) is 6.92 Å². The first-order chi connectivity index (χ1) is 15.3. The van der Waals surface area contributed by atoms with Crippen LogP contribution in [0.3, 0.4) is 0 Å². The number of terminal acetylenes is 1. The summed E-state index contributed by atoms with van der Waals surface area (Å²) in [5.41, 5.74) is 2.15. The summed E-state index contributed by atoms with van der Waals surface area (Å²) in [6, 6.07) is 7.66. The lowest BCUT2D eigenvalue weighted by atomic mass is 10.1. The van der Waals surface area contributed by atoms with Crippen molar-refractivity contribution in [3.8, 4) is 12.3 Å². The first kappa shape index (κ1) is 23.5. The second-order valence-electron chi connectivity index (χ2n) is 7.29. The summed E-state index contributed by atoms with van der Waals surface area (Å²) in [4.78, 5) is 40.4. The smallest absolute Gasteiger partial charge is 0.262 e. The van der Waals surface area contributed by atoms with E-state index in [1.165, 1.54) is 18.4 Å². The lowest BCUT2D eigenvalue weighted by Crippen LogP contribution is -2.50. The van der Waals surface area contributed by atoms with Gasteiger partial charge >= 0.3 is 0 Å². The van der Waals surface area contributed by atoms with Crippen molar-refractivity contribution in [1.29, 1.82) is 0 Å². The van der Waals surface area contributed by atoms with E-state index in [9.17, 15) is 14.4 Å². The van der Waals surface area contributed by atoms with Crippen LogP contribution in [-0.2, 0) is 19.1 Å². The van der Waals surface area contributed by atoms with Crippen LogP contribution in [0.25, 0.3) is 0 Å². The molecule has 3 rings (SSSR count). The van der Waals surface area contributed by atoms with E-state index in [1.54, 1.807) is 42.2 Å². The van der Waals surface area contributed by atoms with E-state index >= 15 is 0 Å². The molecule has 1 saturated heterocycles. The maximum atomic E-state index is 13.0. The Morgan fingerprint density at radius 3 is 2.72 bits per heavy atom. The molecule has 1 aliphatic heterocycles. The van der Waals surface area contributed by atoms with Gasteiger partial charge in [0.1, 0.15) is 12.6 Å². The third-order valence-corrected chi connectivity index (χ3v) is 6.14. The molecule has 0 spiro atoms. The highest BCUT2D eigenvalue weighted by Crippen LogP contribution is 2.25. The Morgan fingerprint density at radius 2 is 2.09 bits per heavy atom. The second kappa shape index (κ2) is 10.4. The van der Waals surface area contributed by atoms with E-state index in [0.717, 1.165) is 11.3 Å². The third kappa shape index (κ3) is 5.34. The van der Waals surface area contributed by atoms with Crippen LogP contribution in [0.2, 0.25) is 0 Å². The van der Waals surface area contributed by atoms with Gasteiger partial charge in [-0.25, -0.2) is 0 Å². The zero-order chi connectivity index (χ0) is 23.3. The van der Waals surface area contributed by atoms with Crippen LogP contribution < -0.4 is 15.5 Å². The van der Waals surface area contributed by atoms with Crippen LogP contribution in [0, 0.1) is 19.3 Å². The lowest BCUT2D eigenvalue weighted by molar-refractivity contribution is -0.125. The molecule has 32 heavy (non-hydrogen) atoms. The van der Waals surface area contributed by atoms with Crippen molar-refractivity contribution >= 4 is 40.4 Å². The minimum absolute atomic E-state index is 0.0568. The minimum atomic E-state index is -0.926. The molecule has 1 aromatic heterocycles. The summed E-state index contributed by atoms with van der Waals surface area (Å²) in [5.74, 6) is 1.56. The lowest BCUT2D eigenvalue weighted by Gasteiger charge is -2.28. The molecular weight excluding hydrogens is 430 g/mol. The maximum absolute atomic E-state index is 13.0. The number of amides is 3. The van der Waals surface area contributed by atoms with Crippen LogP contribution in [0.4, 0.5) is 11.4 Å². The molecule has 3 amide bonds. The van der Waals surface area contributed by atoms with E-state index in [-0.39, 0.29) is 12.5 Å². The van der Waals surface area contributed by atoms with Gasteiger partial charge in [-0.05, 0) is 49.7 Å². The van der Waals surface area contributed by atoms with Crippen molar-refractivity contribution < 1.29 is 23.9 Å². The van der Waals surface area contributed by atoms with Gasteiger partial charge in [-0.15, -0.1) is 17.8 Å². The molecule has 0 saturated carbocycles. The Morgan fingerprint density at radius 1 is 1.31 bits per heavy atom. The van der Waals surface area contributed by atoms with Gasteiger partial charge in [0.15, 0.2) is 0 Å². The van der Waals surface area contributed by atoms with E-state index in [0.29, 0.717) is 28.6 Å². The molecule has 2 heterocycles. The van der Waals surface area contributed by atoms with Gasteiger partial charge in [-0.1, -0.05) is 5.92 Å². The summed E-state index contributed by atoms with van der Waals surface area (Å²) < 4.78 is 10.5. The normalized spacial score (nSPS) is 15.6. The molecule has 2 aromatic rings. The molecule has 2 atom stereocenters. The van der Waals surface area contributed by atoms with Gasteiger partial charge < -0.3 is 25.0 Å². The number of aryl methyl sites for hydroxylation is 1. The Hall–Kier alpha value is -3.19. The van der Waals surface area contributed by atoms with Gasteiger partial charge in [-0.3, -0.25) is 14.4 Å². The number of carbonyl (C=O) groups is 3. The number of thiophene rings is 1. The highest BCUT2D eigenvalue weighted by Gasteiger charge is 2.28. The Kier molecular flexibility index (Phi) is 7.64. The largest absolute Gasteiger partial charge is 0.379 e. The second-order valence-corrected chi connectivity index (χ2v) is 8.37. The quantitative estimate of drug-likeness (QED) is 0.624. The zero-order valence-corrected chi connectivity index (χ0v) is 19.0. The number of hydrogen-bond acceptors (Lipinski definition) is 6. The maximum Gasteiger partial charge on any atom is 0.262 e. The van der Waals surface area contributed by atoms with Crippen LogP contribution in [0.5, 0.6) is 0 Å². The number of benzene rings is 1. The number of rotatable bonds is 7. The fraction of sp³-hybridized carbons (Fsp3) is 0.348. The fourth-order valence-electron chi connectivity index (χ4n) is 3.31. The molecule has 0 aliphatic carbocycles. The molecule has 0 bridgehead atoms. The van der Waals surface area contributed by atoms with E-state index in [4.69, 9.17) is 15.9 Å². The van der Waals surface area contributed by atoms with Gasteiger partial charge in [0.2, 0.25) is 5.91 Å². The van der Waals surface area contributed by atoms with E-state index < -0.39 is 24.0 Å². The zero-order valence-electron chi connectivity index (χ0n) is 18.1. The van der Waals surface area contributed by atoms with Crippen molar-refractivity contribution in [1.82, 2.24) is 5.32 Å². The first-order valence-electron chi connectivity index (χ1n) is 10.0. The van der Waals surface area contributed by atoms with Crippen molar-refractivity contribution in [2.24, 2.45) is 0 Å². The number of nitrogens with one attached hydrogen (secondary N) is 2. The van der Waals surface area contributed by atoms with Gasteiger partial charge in [-0.2, -0.15) is 0 Å². The predicted octanol–water partition coefficient (Wildman–Crippen LogP) is 2.17. The minimum Gasteiger partial charge on any atom is -0.379 e. The van der Waals surface area contributed by atoms with Crippen LogP contribution >= 0.6 is 11.3 Å². The molecule has 8 nitrogen and oxygen atoms in total. The van der Waals surface area contributed by atoms with E-state index in [2.05, 4.69) is 16.6 Å². The predicted molar refractivity (Wildman–Crippen MR) is 123 cm³/mol. The number of hydrogen-bond donors (Lipinski definition) is 2. The summed E-state index contributed by atoms with van der Waals surface area (Å²) in [6.45, 7) is 4.58. The summed E-state index contributed by atoms with van der Waals surface area (Å²) >= 11 is 1.17. The fourth-order valence-corrected chi connectivity index (χ4v) is 4.03. The van der Waals surface area contributed by atoms with Crippen molar-refractivity contribution in [2.45, 2.75) is 26.0 Å². The molecule has 2 unspecified atom stereocenters. The highest BCUT2D eigenvalue weighted by molar-refractivity contribution is 7.14. The molecule has 1 fully saturated rings. The molecule has 1 aromatic carbocycles. The van der Waals surface area contributed by atoms with Gasteiger partial charge in [0, 0.05) is 25.0 Å². The highest BCUT2D eigenvalue weighted by atomic mass is 32.1. The standard InChI is InChI=1S/C23H25N3O5S/c1-5-17-7-9-19(32-17)22(28)25-21(15(3)30-4)23(29)24-16-6-8-18(14(2)12-16)26-10-11-31-13-20(26)27/h1,6-9,12,15,21H,10-11,13H2,2-4H3,(H,24,29)(H,25,28). The molecule has 9 heteroatoms. The van der Waals surface area contributed by atoms with Crippen molar-refractivity contribution in [3.05, 3.63) is 45.6 Å². The molecule has 1 aliphatic rings. The number of nitrogens with zero attached hydrogens (tertiary/aromatic N) is 1. The molecule has 0 radical (unpaired) electrons. The van der Waals surface area contributed by atoms with Crippen molar-refractivity contribution in [2.75, 3.05) is 37.1 Å². The summed E-state index contributed by atoms with van der Waals surface area (Å²) in [6.07, 6.45) is 4.79. The molecule has 2 N–H and O–H groups in total. The van der Waals surface area contributed by atoms with Crippen LogP contribution in [0.1, 0.15) is 27.0 Å². The number of carbonyl (C=O) groups excluding carboxylic acids is 3. The monoisotopic (exact) mass is 455 g/mol. The van der Waals surface area contributed by atoms with Gasteiger partial charge in [0.05, 0.1) is 22.5 Å². The average Bonchev–Trinajstić information content (AvgIpc) is 3.27. The van der Waals surface area contributed by atoms with Crippen LogP contribution in [0.15, 0.2) is 30.3 Å². The summed E-state index contributed by atoms with van der Waals surface area (Å²) in [7, 11) is 1.47. The third-order valence-electron chi connectivity index (χ3n) is 5.12. The Bertz CT molecular complexity index is 1060. The van der Waals surface area contributed by atoms with Gasteiger partial charge in [0.25, 0.3) is 11.8 Å².